The summed E-state index contributed by atoms with van der Waals surface area (Å²) < 4.78 is 6.66. The highest BCUT2D eigenvalue weighted by atomic mass is 16.5. The third-order valence-electron chi connectivity index (χ3n) is 4.92. The van der Waals surface area contributed by atoms with E-state index < -0.39 is 0 Å². The van der Waals surface area contributed by atoms with Crippen LogP contribution in [0.5, 0.6) is 0 Å². The minimum Gasteiger partial charge on any atom is -0.465 e. The highest BCUT2D eigenvalue weighted by molar-refractivity contribution is 6.03. The Labute approximate surface area is 164 Å². The SMILES string of the molecule is C=C(/N=C(\C=C/N)n1ccc2cc(C(=O)OC)ccc21)N[C@H]1CC[C@H](O)CC1. The Morgan fingerprint density at radius 1 is 1.36 bits per heavy atom. The van der Waals surface area contributed by atoms with E-state index in [9.17, 15) is 9.90 Å². The largest absolute Gasteiger partial charge is 0.465 e. The van der Waals surface area contributed by atoms with Gasteiger partial charge in [-0.25, -0.2) is 9.79 Å². The molecule has 1 aromatic heterocycles. The standard InChI is InChI=1S/C21H26N4O3/c1-14(23-17-4-6-18(26)7-5-17)24-20(9-11-22)25-12-10-15-13-16(21(27)28-2)3-8-19(15)25/h3,8-13,17-18,23,26H,1,4-7,22H2,2H3/b11-9-,24-20+/t17-,18-. The Morgan fingerprint density at radius 3 is 2.79 bits per heavy atom. The van der Waals surface area contributed by atoms with Gasteiger partial charge in [-0.05, 0) is 62.2 Å². The number of fused-ring (bicyclic) bond motifs is 1. The van der Waals surface area contributed by atoms with E-state index in [1.54, 1.807) is 18.2 Å². The number of nitrogens with two attached hydrogens (primary N) is 1. The lowest BCUT2D eigenvalue weighted by Crippen LogP contribution is -2.33. The molecule has 2 aromatic rings. The van der Waals surface area contributed by atoms with Gasteiger partial charge in [0.2, 0.25) is 0 Å². The third-order valence-corrected chi connectivity index (χ3v) is 4.92. The number of hydrogen-bond donors (Lipinski definition) is 3. The second-order valence-electron chi connectivity index (χ2n) is 6.88. The maximum atomic E-state index is 11.7. The average Bonchev–Trinajstić information content (AvgIpc) is 3.12. The van der Waals surface area contributed by atoms with Crippen LogP contribution >= 0.6 is 0 Å². The molecule has 0 unspecified atom stereocenters. The van der Waals surface area contributed by atoms with E-state index in [4.69, 9.17) is 10.5 Å². The molecule has 0 radical (unpaired) electrons. The van der Waals surface area contributed by atoms with Gasteiger partial charge in [0.15, 0.2) is 0 Å². The van der Waals surface area contributed by atoms with Crippen molar-refractivity contribution in [2.24, 2.45) is 10.7 Å². The van der Waals surface area contributed by atoms with Crippen LogP contribution in [0.2, 0.25) is 0 Å². The number of esters is 1. The van der Waals surface area contributed by atoms with Crippen molar-refractivity contribution in [3.63, 3.8) is 0 Å². The predicted molar refractivity (Wildman–Crippen MR) is 110 cm³/mol. The second kappa shape index (κ2) is 8.75. The molecule has 0 atom stereocenters. The fraction of sp³-hybridized carbons (Fsp3) is 0.333. The van der Waals surface area contributed by atoms with Crippen LogP contribution < -0.4 is 11.1 Å². The summed E-state index contributed by atoms with van der Waals surface area (Å²) in [6.07, 6.45) is 8.15. The molecule has 0 aliphatic heterocycles. The maximum absolute atomic E-state index is 11.7. The van der Waals surface area contributed by atoms with Gasteiger partial charge in [-0.3, -0.25) is 0 Å². The van der Waals surface area contributed by atoms with Crippen molar-refractivity contribution in [2.45, 2.75) is 37.8 Å². The van der Waals surface area contributed by atoms with Crippen LogP contribution in [0.15, 0.2) is 60.1 Å². The second-order valence-corrected chi connectivity index (χ2v) is 6.88. The Morgan fingerprint density at radius 2 is 2.11 bits per heavy atom. The van der Waals surface area contributed by atoms with Crippen LogP contribution in [0.3, 0.4) is 0 Å². The van der Waals surface area contributed by atoms with E-state index in [1.165, 1.54) is 13.3 Å². The summed E-state index contributed by atoms with van der Waals surface area (Å²) in [7, 11) is 1.36. The lowest BCUT2D eigenvalue weighted by molar-refractivity contribution is 0.0601. The van der Waals surface area contributed by atoms with Crippen molar-refractivity contribution in [3.8, 4) is 0 Å². The third kappa shape index (κ3) is 4.43. The van der Waals surface area contributed by atoms with E-state index >= 15 is 0 Å². The molecule has 1 aliphatic rings. The van der Waals surface area contributed by atoms with Gasteiger partial charge in [0.05, 0.1) is 24.3 Å². The molecule has 0 amide bonds. The van der Waals surface area contributed by atoms with Crippen molar-refractivity contribution in [1.82, 2.24) is 9.88 Å². The first-order chi connectivity index (χ1) is 13.5. The number of hydrogen-bond acceptors (Lipinski definition) is 6. The Kier molecular flexibility index (Phi) is 6.16. The minimum atomic E-state index is -0.374. The molecule has 3 rings (SSSR count). The maximum Gasteiger partial charge on any atom is 0.337 e. The number of rotatable bonds is 5. The van der Waals surface area contributed by atoms with Gasteiger partial charge in [-0.1, -0.05) is 6.58 Å². The lowest BCUT2D eigenvalue weighted by atomic mass is 9.93. The molecule has 1 heterocycles. The quantitative estimate of drug-likeness (QED) is 0.419. The molecule has 4 N–H and O–H groups in total. The van der Waals surface area contributed by atoms with Gasteiger partial charge in [0, 0.05) is 17.6 Å². The first kappa shape index (κ1) is 19.7. The number of aromatic nitrogens is 1. The normalized spacial score (nSPS) is 20.4. The fourth-order valence-electron chi connectivity index (χ4n) is 3.47. The monoisotopic (exact) mass is 382 g/mol. The summed E-state index contributed by atoms with van der Waals surface area (Å²) in [6, 6.07) is 7.50. The van der Waals surface area contributed by atoms with Crippen LogP contribution in [-0.2, 0) is 4.74 Å². The number of aliphatic hydroxyl groups excluding tert-OH is 1. The molecule has 1 fully saturated rings. The van der Waals surface area contributed by atoms with E-state index in [0.29, 0.717) is 17.2 Å². The van der Waals surface area contributed by atoms with E-state index in [0.717, 1.165) is 36.6 Å². The van der Waals surface area contributed by atoms with E-state index in [1.807, 2.05) is 22.9 Å². The fourth-order valence-corrected chi connectivity index (χ4v) is 3.47. The summed E-state index contributed by atoms with van der Waals surface area (Å²) in [5, 5.41) is 13.9. The zero-order chi connectivity index (χ0) is 20.1. The highest BCUT2D eigenvalue weighted by Crippen LogP contribution is 2.21. The highest BCUT2D eigenvalue weighted by Gasteiger charge is 2.19. The molecule has 148 valence electrons. The number of ether oxygens (including phenoxy) is 1. The van der Waals surface area contributed by atoms with Crippen molar-refractivity contribution < 1.29 is 14.6 Å². The summed E-state index contributed by atoms with van der Waals surface area (Å²) >= 11 is 0. The molecule has 28 heavy (non-hydrogen) atoms. The average molecular weight is 382 g/mol. The smallest absolute Gasteiger partial charge is 0.337 e. The number of aliphatic imine (C=N–C) groups is 1. The summed E-state index contributed by atoms with van der Waals surface area (Å²) in [4.78, 5) is 16.3. The Bertz CT molecular complexity index is 921. The Balaban J connectivity index is 1.84. The number of nitrogens with zero attached hydrogens (tertiary/aromatic N) is 2. The topological polar surface area (TPSA) is 102 Å². The molecule has 1 aliphatic carbocycles. The van der Waals surface area contributed by atoms with Gasteiger partial charge in [-0.15, -0.1) is 0 Å². The number of aliphatic hydroxyl groups is 1. The number of carbonyl (C=O) groups is 1. The number of methoxy groups -OCH3 is 1. The van der Waals surface area contributed by atoms with Crippen LogP contribution in [0.4, 0.5) is 0 Å². The van der Waals surface area contributed by atoms with E-state index in [2.05, 4.69) is 16.9 Å². The molecule has 1 aromatic carbocycles. The summed E-state index contributed by atoms with van der Waals surface area (Å²) in [5.41, 5.74) is 7.00. The molecule has 0 bridgehead atoms. The molecule has 0 saturated heterocycles. The predicted octanol–water partition coefficient (Wildman–Crippen LogP) is 2.51. The van der Waals surface area contributed by atoms with Gasteiger partial charge in [-0.2, -0.15) is 0 Å². The van der Waals surface area contributed by atoms with Crippen LogP contribution in [0, 0.1) is 0 Å². The van der Waals surface area contributed by atoms with Crippen LogP contribution in [0.1, 0.15) is 36.0 Å². The van der Waals surface area contributed by atoms with E-state index in [-0.39, 0.29) is 18.1 Å². The molecule has 7 heteroatoms. The minimum absolute atomic E-state index is 0.202. The first-order valence-electron chi connectivity index (χ1n) is 9.32. The van der Waals surface area contributed by atoms with Crippen LogP contribution in [-0.4, -0.2) is 40.7 Å². The first-order valence-corrected chi connectivity index (χ1v) is 9.32. The molecular formula is C21H26N4O3. The van der Waals surface area contributed by atoms with Crippen molar-refractivity contribution >= 4 is 22.7 Å². The van der Waals surface area contributed by atoms with Gasteiger partial charge in [0.25, 0.3) is 0 Å². The Hall–Kier alpha value is -3.06. The number of carbonyl (C=O) groups excluding carboxylic acids is 1. The molecule has 0 spiro atoms. The van der Waals surface area contributed by atoms with Crippen LogP contribution in [0.25, 0.3) is 10.9 Å². The van der Waals surface area contributed by atoms with Crippen molar-refractivity contribution in [1.29, 1.82) is 0 Å². The molecule has 1 saturated carbocycles. The summed E-state index contributed by atoms with van der Waals surface area (Å²) in [6.45, 7) is 4.02. The number of nitrogens with one attached hydrogen (secondary N) is 1. The molecule has 7 nitrogen and oxygen atoms in total. The van der Waals surface area contributed by atoms with Crippen molar-refractivity contribution in [3.05, 3.63) is 60.7 Å². The molecular weight excluding hydrogens is 356 g/mol. The zero-order valence-electron chi connectivity index (χ0n) is 16.0. The lowest BCUT2D eigenvalue weighted by Gasteiger charge is -2.26. The number of benzene rings is 1. The zero-order valence-corrected chi connectivity index (χ0v) is 16.0. The van der Waals surface area contributed by atoms with Gasteiger partial charge in [0.1, 0.15) is 11.7 Å². The van der Waals surface area contributed by atoms with Gasteiger partial charge < -0.3 is 25.5 Å². The van der Waals surface area contributed by atoms with Crippen molar-refractivity contribution in [2.75, 3.05) is 7.11 Å². The summed E-state index contributed by atoms with van der Waals surface area (Å²) in [5.74, 6) is 0.778. The number of allylic oxidation sites excluding steroid dienone is 1. The van der Waals surface area contributed by atoms with Gasteiger partial charge >= 0.3 is 5.97 Å².